The summed E-state index contributed by atoms with van der Waals surface area (Å²) in [7, 11) is -1.08. The predicted octanol–water partition coefficient (Wildman–Crippen LogP) is 0.377. The van der Waals surface area contributed by atoms with Crippen LogP contribution in [0.25, 0.3) is 0 Å². The Kier molecular flexibility index (Phi) is 5.59. The molecule has 9 heteroatoms. The SMILES string of the molecule is CC(CNC(=O)c1cc(NN)ccc1[N+](=O)[O-])S(C)=O. The number of nitrogens with one attached hydrogen (secondary N) is 2. The number of hydrogen-bond acceptors (Lipinski definition) is 6. The quantitative estimate of drug-likeness (QED) is 0.396. The highest BCUT2D eigenvalue weighted by atomic mass is 32.2. The van der Waals surface area contributed by atoms with Crippen LogP contribution >= 0.6 is 0 Å². The van der Waals surface area contributed by atoms with Gasteiger partial charge >= 0.3 is 0 Å². The molecule has 0 aliphatic carbocycles. The Morgan fingerprint density at radius 2 is 2.20 bits per heavy atom. The summed E-state index contributed by atoms with van der Waals surface area (Å²) in [5, 5.41) is 13.2. The second-order valence-electron chi connectivity index (χ2n) is 4.15. The summed E-state index contributed by atoms with van der Waals surface area (Å²) in [6, 6.07) is 3.89. The first-order valence-electron chi connectivity index (χ1n) is 5.72. The Balaban J connectivity index is 2.95. The molecule has 2 atom stereocenters. The number of nitro groups is 1. The second-order valence-corrected chi connectivity index (χ2v) is 5.95. The smallest absolute Gasteiger partial charge is 0.282 e. The van der Waals surface area contributed by atoms with E-state index >= 15 is 0 Å². The Morgan fingerprint density at radius 3 is 2.70 bits per heavy atom. The maximum atomic E-state index is 12.0. The summed E-state index contributed by atoms with van der Waals surface area (Å²) in [5.41, 5.74) is 2.29. The Bertz CT molecular complexity index is 549. The molecule has 1 aromatic rings. The van der Waals surface area contributed by atoms with Crippen LogP contribution in [-0.2, 0) is 10.8 Å². The molecule has 0 bridgehead atoms. The van der Waals surface area contributed by atoms with Gasteiger partial charge in [0.05, 0.1) is 4.92 Å². The minimum absolute atomic E-state index is 0.0977. The van der Waals surface area contributed by atoms with Crippen LogP contribution in [-0.4, -0.2) is 33.1 Å². The van der Waals surface area contributed by atoms with Gasteiger partial charge in [0, 0.05) is 40.6 Å². The molecule has 0 spiro atoms. The van der Waals surface area contributed by atoms with Crippen molar-refractivity contribution in [3.05, 3.63) is 33.9 Å². The van der Waals surface area contributed by atoms with Gasteiger partial charge in [-0.2, -0.15) is 0 Å². The minimum atomic E-state index is -1.08. The molecule has 0 fully saturated rings. The van der Waals surface area contributed by atoms with E-state index in [4.69, 9.17) is 5.84 Å². The molecule has 4 N–H and O–H groups in total. The van der Waals surface area contributed by atoms with Gasteiger partial charge in [-0.15, -0.1) is 0 Å². The standard InChI is InChI=1S/C11H16N4O4S/c1-7(20(2)19)6-13-11(16)9-5-8(14-12)3-4-10(9)15(17)18/h3-5,7,14H,6,12H2,1-2H3,(H,13,16). The van der Waals surface area contributed by atoms with Gasteiger partial charge in [-0.05, 0) is 19.1 Å². The van der Waals surface area contributed by atoms with Gasteiger partial charge in [-0.25, -0.2) is 0 Å². The molecule has 1 aromatic carbocycles. The normalized spacial score (nSPS) is 13.3. The zero-order valence-electron chi connectivity index (χ0n) is 11.1. The van der Waals surface area contributed by atoms with Crippen LogP contribution in [0.2, 0.25) is 0 Å². The van der Waals surface area contributed by atoms with Crippen LogP contribution in [0.15, 0.2) is 18.2 Å². The topological polar surface area (TPSA) is 127 Å². The Hall–Kier alpha value is -2.00. The fourth-order valence-electron chi connectivity index (χ4n) is 1.42. The lowest BCUT2D eigenvalue weighted by molar-refractivity contribution is -0.385. The summed E-state index contributed by atoms with van der Waals surface area (Å²) in [6.45, 7) is 1.88. The van der Waals surface area contributed by atoms with Crippen molar-refractivity contribution in [2.24, 2.45) is 5.84 Å². The summed E-state index contributed by atoms with van der Waals surface area (Å²) in [5.74, 6) is 4.61. The molecule has 0 heterocycles. The molecule has 0 aliphatic rings. The van der Waals surface area contributed by atoms with Crippen molar-refractivity contribution < 1.29 is 13.9 Å². The molecule has 0 saturated carbocycles. The van der Waals surface area contributed by atoms with Gasteiger partial charge < -0.3 is 10.7 Å². The van der Waals surface area contributed by atoms with Crippen molar-refractivity contribution in [3.63, 3.8) is 0 Å². The van der Waals surface area contributed by atoms with Gasteiger partial charge in [0.25, 0.3) is 11.6 Å². The predicted molar refractivity (Wildman–Crippen MR) is 76.8 cm³/mol. The van der Waals surface area contributed by atoms with E-state index in [-0.39, 0.29) is 23.0 Å². The number of nitro benzene ring substituents is 1. The molecular formula is C11H16N4O4S. The van der Waals surface area contributed by atoms with E-state index < -0.39 is 21.6 Å². The van der Waals surface area contributed by atoms with E-state index in [0.29, 0.717) is 5.69 Å². The molecule has 1 amide bonds. The largest absolute Gasteiger partial charge is 0.351 e. The van der Waals surface area contributed by atoms with E-state index in [0.717, 1.165) is 0 Å². The first-order chi connectivity index (χ1) is 9.36. The van der Waals surface area contributed by atoms with E-state index in [9.17, 15) is 19.1 Å². The summed E-state index contributed by atoms with van der Waals surface area (Å²) < 4.78 is 11.2. The number of nitrogen functional groups attached to an aromatic ring is 1. The van der Waals surface area contributed by atoms with Gasteiger partial charge in [-0.1, -0.05) is 0 Å². The third-order valence-electron chi connectivity index (χ3n) is 2.72. The molecule has 1 rings (SSSR count). The van der Waals surface area contributed by atoms with Crippen molar-refractivity contribution in [1.82, 2.24) is 5.32 Å². The highest BCUT2D eigenvalue weighted by Gasteiger charge is 2.21. The number of benzene rings is 1. The molecular weight excluding hydrogens is 284 g/mol. The number of hydrogen-bond donors (Lipinski definition) is 3. The van der Waals surface area contributed by atoms with Crippen molar-refractivity contribution in [3.8, 4) is 0 Å². The van der Waals surface area contributed by atoms with Crippen molar-refractivity contribution in [2.75, 3.05) is 18.2 Å². The Labute approximate surface area is 118 Å². The fraction of sp³-hybridized carbons (Fsp3) is 0.364. The van der Waals surface area contributed by atoms with Gasteiger partial charge in [0.15, 0.2) is 0 Å². The van der Waals surface area contributed by atoms with Crippen molar-refractivity contribution >= 4 is 28.1 Å². The van der Waals surface area contributed by atoms with Gasteiger partial charge in [0.2, 0.25) is 0 Å². The molecule has 2 unspecified atom stereocenters. The van der Waals surface area contributed by atoms with E-state index in [1.807, 2.05) is 0 Å². The molecule has 0 radical (unpaired) electrons. The highest BCUT2D eigenvalue weighted by Crippen LogP contribution is 2.22. The summed E-state index contributed by atoms with van der Waals surface area (Å²) >= 11 is 0. The number of rotatable bonds is 6. The number of carbonyl (C=O) groups excluding carboxylic acids is 1. The maximum absolute atomic E-state index is 12.0. The molecule has 20 heavy (non-hydrogen) atoms. The number of anilines is 1. The lowest BCUT2D eigenvalue weighted by Crippen LogP contribution is -2.33. The minimum Gasteiger partial charge on any atom is -0.351 e. The average Bonchev–Trinajstić information content (AvgIpc) is 2.43. The van der Waals surface area contributed by atoms with Crippen LogP contribution in [0.5, 0.6) is 0 Å². The van der Waals surface area contributed by atoms with Crippen LogP contribution in [0, 0.1) is 10.1 Å². The lowest BCUT2D eigenvalue weighted by atomic mass is 10.1. The molecule has 110 valence electrons. The van der Waals surface area contributed by atoms with Crippen LogP contribution in [0.4, 0.5) is 11.4 Å². The first kappa shape index (κ1) is 16.1. The van der Waals surface area contributed by atoms with Crippen molar-refractivity contribution in [2.45, 2.75) is 12.2 Å². The maximum Gasteiger partial charge on any atom is 0.282 e. The molecule has 0 aromatic heterocycles. The van der Waals surface area contributed by atoms with Crippen LogP contribution in [0.1, 0.15) is 17.3 Å². The lowest BCUT2D eigenvalue weighted by Gasteiger charge is -2.11. The first-order valence-corrected chi connectivity index (χ1v) is 7.34. The number of amides is 1. The zero-order chi connectivity index (χ0) is 15.3. The monoisotopic (exact) mass is 300 g/mol. The second kappa shape index (κ2) is 6.96. The van der Waals surface area contributed by atoms with Crippen molar-refractivity contribution in [1.29, 1.82) is 0 Å². The molecule has 0 saturated heterocycles. The third kappa shape index (κ3) is 4.00. The Morgan fingerprint density at radius 1 is 1.55 bits per heavy atom. The number of nitrogens with zero attached hydrogens (tertiary/aromatic N) is 1. The van der Waals surface area contributed by atoms with Crippen LogP contribution in [0.3, 0.4) is 0 Å². The number of carbonyl (C=O) groups is 1. The number of nitrogens with two attached hydrogens (primary N) is 1. The van der Waals surface area contributed by atoms with E-state index in [1.165, 1.54) is 24.5 Å². The summed E-state index contributed by atoms with van der Waals surface area (Å²) in [6.07, 6.45) is 1.53. The van der Waals surface area contributed by atoms with E-state index in [2.05, 4.69) is 10.7 Å². The summed E-state index contributed by atoms with van der Waals surface area (Å²) in [4.78, 5) is 22.2. The number of hydrazine groups is 1. The molecule has 8 nitrogen and oxygen atoms in total. The highest BCUT2D eigenvalue weighted by molar-refractivity contribution is 7.84. The zero-order valence-corrected chi connectivity index (χ0v) is 11.9. The fourth-order valence-corrected chi connectivity index (χ4v) is 1.73. The third-order valence-corrected chi connectivity index (χ3v) is 4.02. The average molecular weight is 300 g/mol. The van der Waals surface area contributed by atoms with Gasteiger partial charge in [-0.3, -0.25) is 25.0 Å². The van der Waals surface area contributed by atoms with Gasteiger partial charge in [0.1, 0.15) is 5.56 Å². The molecule has 0 aliphatic heterocycles. The van der Waals surface area contributed by atoms with Crippen LogP contribution < -0.4 is 16.6 Å². The van der Waals surface area contributed by atoms with E-state index in [1.54, 1.807) is 6.92 Å².